The number of hydrogen-bond donors (Lipinski definition) is 1. The Morgan fingerprint density at radius 1 is 1.56 bits per heavy atom. The summed E-state index contributed by atoms with van der Waals surface area (Å²) in [5.41, 5.74) is 6.96. The lowest BCUT2D eigenvalue weighted by Gasteiger charge is -2.11. The van der Waals surface area contributed by atoms with Crippen molar-refractivity contribution in [2.45, 2.75) is 18.1 Å². The van der Waals surface area contributed by atoms with Gasteiger partial charge in [-0.1, -0.05) is 0 Å². The van der Waals surface area contributed by atoms with Gasteiger partial charge in [0.2, 0.25) is 0 Å². The summed E-state index contributed by atoms with van der Waals surface area (Å²) in [6.07, 6.45) is 2.07. The van der Waals surface area contributed by atoms with Gasteiger partial charge in [-0.3, -0.25) is 4.79 Å². The number of Topliss-reactive ketones (excluding diaryl/α,β-unsaturated/α-hetero) is 1. The third kappa shape index (κ3) is 2.16. The monoisotopic (exact) mass is 237 g/mol. The van der Waals surface area contributed by atoms with E-state index >= 15 is 0 Å². The molecule has 0 aromatic heterocycles. The van der Waals surface area contributed by atoms with Crippen LogP contribution in [0.2, 0.25) is 0 Å². The number of carbonyl (C=O) groups excluding carboxylic acids is 1. The minimum atomic E-state index is 0.0782. The number of carbonyl (C=O) groups is 1. The van der Waals surface area contributed by atoms with E-state index in [1.807, 2.05) is 0 Å². The van der Waals surface area contributed by atoms with E-state index in [2.05, 4.69) is 0 Å². The maximum absolute atomic E-state index is 12.2. The number of ether oxygens (including phenoxy) is 1. The second-order valence-electron chi connectivity index (χ2n) is 3.82. The summed E-state index contributed by atoms with van der Waals surface area (Å²) in [6, 6.07) is 5.23. The maximum Gasteiger partial charge on any atom is 0.177 e. The Morgan fingerprint density at radius 2 is 2.38 bits per heavy atom. The number of methoxy groups -OCH3 is 1. The molecule has 16 heavy (non-hydrogen) atoms. The van der Waals surface area contributed by atoms with E-state index < -0.39 is 0 Å². The fourth-order valence-corrected chi connectivity index (χ4v) is 3.06. The highest BCUT2D eigenvalue weighted by Gasteiger charge is 2.26. The minimum absolute atomic E-state index is 0.0782. The highest BCUT2D eigenvalue weighted by atomic mass is 32.2. The molecule has 0 amide bonds. The minimum Gasteiger partial charge on any atom is -0.497 e. The van der Waals surface area contributed by atoms with Gasteiger partial charge >= 0.3 is 0 Å². The molecule has 0 spiro atoms. The lowest BCUT2D eigenvalue weighted by atomic mass is 10.0. The summed E-state index contributed by atoms with van der Waals surface area (Å²) in [5.74, 6) is 1.89. The van der Waals surface area contributed by atoms with E-state index in [9.17, 15) is 4.79 Å². The first kappa shape index (κ1) is 11.3. The number of anilines is 1. The molecule has 1 aliphatic heterocycles. The fraction of sp³-hybridized carbons (Fsp3) is 0.417. The first-order valence-corrected chi connectivity index (χ1v) is 6.36. The molecule has 86 valence electrons. The van der Waals surface area contributed by atoms with Crippen LogP contribution in [0.3, 0.4) is 0 Å². The van der Waals surface area contributed by atoms with E-state index in [4.69, 9.17) is 10.5 Å². The van der Waals surface area contributed by atoms with Gasteiger partial charge in [-0.25, -0.2) is 0 Å². The van der Waals surface area contributed by atoms with Crippen LogP contribution in [-0.4, -0.2) is 23.9 Å². The molecule has 4 heteroatoms. The zero-order valence-electron chi connectivity index (χ0n) is 9.23. The molecule has 1 aromatic carbocycles. The molecular weight excluding hydrogens is 222 g/mol. The Morgan fingerprint density at radius 3 is 3.00 bits per heavy atom. The van der Waals surface area contributed by atoms with Gasteiger partial charge < -0.3 is 10.5 Å². The Labute approximate surface area is 99.4 Å². The highest BCUT2D eigenvalue weighted by molar-refractivity contribution is 8.00. The average molecular weight is 237 g/mol. The zero-order chi connectivity index (χ0) is 11.5. The quantitative estimate of drug-likeness (QED) is 0.647. The number of thioether (sulfide) groups is 1. The second-order valence-corrected chi connectivity index (χ2v) is 5.13. The molecular formula is C12H15NO2S. The molecule has 1 aliphatic rings. The molecule has 1 atom stereocenters. The van der Waals surface area contributed by atoms with Crippen molar-refractivity contribution >= 4 is 23.2 Å². The summed E-state index contributed by atoms with van der Waals surface area (Å²) >= 11 is 1.72. The first-order chi connectivity index (χ1) is 7.72. The van der Waals surface area contributed by atoms with Gasteiger partial charge in [-0.15, -0.1) is 0 Å². The van der Waals surface area contributed by atoms with E-state index in [0.29, 0.717) is 17.0 Å². The Bertz CT molecular complexity index is 400. The molecule has 0 radical (unpaired) electrons. The number of ketones is 1. The van der Waals surface area contributed by atoms with E-state index in [0.717, 1.165) is 18.6 Å². The van der Waals surface area contributed by atoms with Crippen molar-refractivity contribution in [3.05, 3.63) is 23.8 Å². The third-order valence-electron chi connectivity index (χ3n) is 2.75. The van der Waals surface area contributed by atoms with Crippen LogP contribution in [0.15, 0.2) is 18.2 Å². The zero-order valence-corrected chi connectivity index (χ0v) is 10.0. The topological polar surface area (TPSA) is 52.3 Å². The van der Waals surface area contributed by atoms with Crippen LogP contribution in [0.1, 0.15) is 23.2 Å². The van der Waals surface area contributed by atoms with Crippen LogP contribution in [0.5, 0.6) is 5.75 Å². The molecule has 3 nitrogen and oxygen atoms in total. The Balaban J connectivity index is 2.27. The third-order valence-corrected chi connectivity index (χ3v) is 4.12. The van der Waals surface area contributed by atoms with Gasteiger partial charge in [0.1, 0.15) is 5.75 Å². The van der Waals surface area contributed by atoms with Crippen molar-refractivity contribution in [2.24, 2.45) is 0 Å². The van der Waals surface area contributed by atoms with E-state index in [1.165, 1.54) is 0 Å². The van der Waals surface area contributed by atoms with Crippen LogP contribution in [-0.2, 0) is 0 Å². The average Bonchev–Trinajstić information content (AvgIpc) is 2.82. The fourth-order valence-electron chi connectivity index (χ4n) is 1.83. The summed E-state index contributed by atoms with van der Waals surface area (Å²) in [7, 11) is 1.59. The second kappa shape index (κ2) is 4.78. The van der Waals surface area contributed by atoms with Crippen LogP contribution >= 0.6 is 11.8 Å². The highest BCUT2D eigenvalue weighted by Crippen LogP contribution is 2.31. The number of benzene rings is 1. The summed E-state index contributed by atoms with van der Waals surface area (Å²) in [6.45, 7) is 0. The standard InChI is InChI=1S/C12H15NO2S/c1-15-8-4-5-10(13)9(7-8)12(14)11-3-2-6-16-11/h4-5,7,11H,2-3,6,13H2,1H3. The van der Waals surface area contributed by atoms with Crippen LogP contribution in [0.4, 0.5) is 5.69 Å². The number of nitrogens with two attached hydrogens (primary N) is 1. The number of nitrogen functional groups attached to an aromatic ring is 1. The van der Waals surface area contributed by atoms with Crippen molar-refractivity contribution < 1.29 is 9.53 Å². The molecule has 0 saturated carbocycles. The van der Waals surface area contributed by atoms with Gasteiger partial charge in [0, 0.05) is 11.3 Å². The molecule has 2 rings (SSSR count). The Hall–Kier alpha value is -1.16. The van der Waals surface area contributed by atoms with Crippen molar-refractivity contribution in [3.63, 3.8) is 0 Å². The van der Waals surface area contributed by atoms with Gasteiger partial charge in [0.05, 0.1) is 12.4 Å². The Kier molecular flexibility index (Phi) is 3.39. The summed E-state index contributed by atoms with van der Waals surface area (Å²) < 4.78 is 5.11. The molecule has 1 fully saturated rings. The van der Waals surface area contributed by atoms with Gasteiger partial charge in [0.25, 0.3) is 0 Å². The van der Waals surface area contributed by atoms with Gasteiger partial charge in [-0.05, 0) is 36.8 Å². The van der Waals surface area contributed by atoms with Crippen LogP contribution < -0.4 is 10.5 Å². The predicted octanol–water partition coefficient (Wildman–Crippen LogP) is 2.36. The molecule has 1 aromatic rings. The smallest absolute Gasteiger partial charge is 0.177 e. The van der Waals surface area contributed by atoms with Crippen molar-refractivity contribution in [2.75, 3.05) is 18.6 Å². The lowest BCUT2D eigenvalue weighted by Crippen LogP contribution is -2.16. The van der Waals surface area contributed by atoms with Crippen molar-refractivity contribution in [3.8, 4) is 5.75 Å². The van der Waals surface area contributed by atoms with Crippen LogP contribution in [0.25, 0.3) is 0 Å². The van der Waals surface area contributed by atoms with Crippen LogP contribution in [0, 0.1) is 0 Å². The number of hydrogen-bond acceptors (Lipinski definition) is 4. The maximum atomic E-state index is 12.2. The van der Waals surface area contributed by atoms with Gasteiger partial charge in [-0.2, -0.15) is 11.8 Å². The number of rotatable bonds is 3. The summed E-state index contributed by atoms with van der Waals surface area (Å²) in [4.78, 5) is 12.2. The normalized spacial score (nSPS) is 19.7. The molecule has 0 aliphatic carbocycles. The molecule has 2 N–H and O–H groups in total. The van der Waals surface area contributed by atoms with E-state index in [1.54, 1.807) is 37.1 Å². The SMILES string of the molecule is COc1ccc(N)c(C(=O)C2CCCS2)c1. The predicted molar refractivity (Wildman–Crippen MR) is 67.2 cm³/mol. The van der Waals surface area contributed by atoms with Crippen molar-refractivity contribution in [1.82, 2.24) is 0 Å². The summed E-state index contributed by atoms with van der Waals surface area (Å²) in [5, 5.41) is 0.0782. The molecule has 1 saturated heterocycles. The lowest BCUT2D eigenvalue weighted by molar-refractivity contribution is 0.0989. The van der Waals surface area contributed by atoms with Crippen molar-refractivity contribution in [1.29, 1.82) is 0 Å². The molecule has 0 bridgehead atoms. The van der Waals surface area contributed by atoms with E-state index in [-0.39, 0.29) is 11.0 Å². The first-order valence-electron chi connectivity index (χ1n) is 5.31. The molecule has 1 unspecified atom stereocenters. The molecule has 1 heterocycles. The largest absolute Gasteiger partial charge is 0.497 e. The van der Waals surface area contributed by atoms with Gasteiger partial charge in [0.15, 0.2) is 5.78 Å².